The van der Waals surface area contributed by atoms with E-state index in [4.69, 9.17) is 5.26 Å². The molecule has 3 nitrogen and oxygen atoms in total. The molecule has 1 heterocycles. The lowest BCUT2D eigenvalue weighted by atomic mass is 10.1. The molecule has 2 aromatic rings. The summed E-state index contributed by atoms with van der Waals surface area (Å²) >= 11 is 1.80. The number of hydrogen-bond acceptors (Lipinski definition) is 3. The van der Waals surface area contributed by atoms with Crippen LogP contribution in [0.3, 0.4) is 0 Å². The fraction of sp³-hybridized carbons (Fsp3) is 0.176. The van der Waals surface area contributed by atoms with Crippen molar-refractivity contribution in [2.24, 2.45) is 0 Å². The Morgan fingerprint density at radius 2 is 1.90 bits per heavy atom. The Bertz CT molecular complexity index is 703. The van der Waals surface area contributed by atoms with E-state index in [-0.39, 0.29) is 5.91 Å². The monoisotopic (exact) mass is 294 g/mol. The molecule has 0 aromatic heterocycles. The quantitative estimate of drug-likeness (QED) is 0.805. The molecular weight excluding hydrogens is 280 g/mol. The lowest BCUT2D eigenvalue weighted by molar-refractivity contribution is 0.0986. The van der Waals surface area contributed by atoms with E-state index in [0.717, 1.165) is 29.3 Å². The number of para-hydroxylation sites is 1. The largest absolute Gasteiger partial charge is 0.307 e. The van der Waals surface area contributed by atoms with E-state index in [2.05, 4.69) is 12.1 Å². The fourth-order valence-electron chi connectivity index (χ4n) is 2.38. The second-order valence-corrected chi connectivity index (χ2v) is 5.95. The predicted octanol–water partition coefficient (Wildman–Crippen LogP) is 3.70. The summed E-state index contributed by atoms with van der Waals surface area (Å²) < 4.78 is 0. The van der Waals surface area contributed by atoms with Crippen LogP contribution in [0.5, 0.6) is 0 Å². The first-order valence-electron chi connectivity index (χ1n) is 6.83. The summed E-state index contributed by atoms with van der Waals surface area (Å²) in [5.74, 6) is 1.02. The number of nitriles is 1. The van der Waals surface area contributed by atoms with Gasteiger partial charge in [-0.15, -0.1) is 11.8 Å². The number of carbonyl (C=O) groups is 1. The van der Waals surface area contributed by atoms with E-state index in [1.54, 1.807) is 36.0 Å². The second kappa shape index (κ2) is 6.02. The average Bonchev–Trinajstić information content (AvgIpc) is 2.77. The first kappa shape index (κ1) is 13.7. The molecule has 0 radical (unpaired) electrons. The standard InChI is InChI=1S/C17H14N2OS/c18-12-13-6-8-14(9-7-13)17(20)19-10-3-11-21-16-5-2-1-4-15(16)19/h1-2,4-9H,3,10-11H2. The zero-order valence-electron chi connectivity index (χ0n) is 11.5. The van der Waals surface area contributed by atoms with Crippen molar-refractivity contribution in [3.8, 4) is 6.07 Å². The molecule has 0 spiro atoms. The van der Waals surface area contributed by atoms with Crippen LogP contribution in [0.4, 0.5) is 5.69 Å². The number of benzene rings is 2. The fourth-order valence-corrected chi connectivity index (χ4v) is 3.38. The minimum atomic E-state index is -0.00515. The number of hydrogen-bond donors (Lipinski definition) is 0. The van der Waals surface area contributed by atoms with E-state index < -0.39 is 0 Å². The lowest BCUT2D eigenvalue weighted by Gasteiger charge is -2.22. The van der Waals surface area contributed by atoms with E-state index in [1.165, 1.54) is 0 Å². The summed E-state index contributed by atoms with van der Waals surface area (Å²) in [4.78, 5) is 15.7. The zero-order chi connectivity index (χ0) is 14.7. The SMILES string of the molecule is N#Cc1ccc(C(=O)N2CCCSc3ccccc32)cc1. The summed E-state index contributed by atoms with van der Waals surface area (Å²) in [5.41, 5.74) is 2.17. The highest BCUT2D eigenvalue weighted by Crippen LogP contribution is 2.34. The van der Waals surface area contributed by atoms with Crippen LogP contribution < -0.4 is 4.90 Å². The highest BCUT2D eigenvalue weighted by molar-refractivity contribution is 7.99. The molecule has 1 aliphatic rings. The Kier molecular flexibility index (Phi) is 3.94. The van der Waals surface area contributed by atoms with Crippen LogP contribution in [0.25, 0.3) is 0 Å². The molecule has 0 saturated carbocycles. The van der Waals surface area contributed by atoms with E-state index >= 15 is 0 Å². The summed E-state index contributed by atoms with van der Waals surface area (Å²) in [6, 6.07) is 16.9. The van der Waals surface area contributed by atoms with Crippen LogP contribution in [-0.2, 0) is 0 Å². The molecule has 104 valence electrons. The Morgan fingerprint density at radius 1 is 1.14 bits per heavy atom. The highest BCUT2D eigenvalue weighted by Gasteiger charge is 2.22. The zero-order valence-corrected chi connectivity index (χ0v) is 12.3. The van der Waals surface area contributed by atoms with Crippen LogP contribution in [-0.4, -0.2) is 18.2 Å². The Labute approximate surface area is 128 Å². The van der Waals surface area contributed by atoms with Crippen molar-refractivity contribution >= 4 is 23.4 Å². The average molecular weight is 294 g/mol. The number of thioether (sulfide) groups is 1. The van der Waals surface area contributed by atoms with Gasteiger partial charge in [-0.25, -0.2) is 0 Å². The molecule has 0 aliphatic carbocycles. The predicted molar refractivity (Wildman–Crippen MR) is 84.6 cm³/mol. The lowest BCUT2D eigenvalue weighted by Crippen LogP contribution is -2.31. The Hall–Kier alpha value is -2.25. The number of carbonyl (C=O) groups excluding carboxylic acids is 1. The van der Waals surface area contributed by atoms with E-state index in [1.807, 2.05) is 23.1 Å². The van der Waals surface area contributed by atoms with Crippen LogP contribution in [0.2, 0.25) is 0 Å². The number of nitrogens with zero attached hydrogens (tertiary/aromatic N) is 2. The molecule has 0 atom stereocenters. The molecule has 2 aromatic carbocycles. The van der Waals surface area contributed by atoms with Gasteiger partial charge in [0.05, 0.1) is 17.3 Å². The molecule has 0 fully saturated rings. The van der Waals surface area contributed by atoms with Gasteiger partial charge < -0.3 is 4.90 Å². The number of rotatable bonds is 1. The van der Waals surface area contributed by atoms with Crippen LogP contribution >= 0.6 is 11.8 Å². The Balaban J connectivity index is 1.95. The first-order chi connectivity index (χ1) is 10.3. The minimum Gasteiger partial charge on any atom is -0.307 e. The van der Waals surface area contributed by atoms with Crippen molar-refractivity contribution in [1.82, 2.24) is 0 Å². The third-order valence-electron chi connectivity index (χ3n) is 3.45. The highest BCUT2D eigenvalue weighted by atomic mass is 32.2. The summed E-state index contributed by atoms with van der Waals surface area (Å²) in [6.45, 7) is 0.725. The van der Waals surface area contributed by atoms with Gasteiger partial charge in [-0.1, -0.05) is 12.1 Å². The summed E-state index contributed by atoms with van der Waals surface area (Å²) in [5, 5.41) is 8.84. The van der Waals surface area contributed by atoms with E-state index in [0.29, 0.717) is 11.1 Å². The molecule has 21 heavy (non-hydrogen) atoms. The second-order valence-electron chi connectivity index (χ2n) is 4.82. The first-order valence-corrected chi connectivity index (χ1v) is 7.82. The molecule has 0 N–H and O–H groups in total. The van der Waals surface area contributed by atoms with Crippen LogP contribution in [0, 0.1) is 11.3 Å². The molecule has 3 rings (SSSR count). The molecule has 1 amide bonds. The van der Waals surface area contributed by atoms with Gasteiger partial charge in [-0.3, -0.25) is 4.79 Å². The molecule has 0 bridgehead atoms. The van der Waals surface area contributed by atoms with Gasteiger partial charge in [-0.2, -0.15) is 5.26 Å². The molecule has 1 aliphatic heterocycles. The van der Waals surface area contributed by atoms with Crippen molar-refractivity contribution in [3.63, 3.8) is 0 Å². The normalized spacial score (nSPS) is 14.0. The van der Waals surface area contributed by atoms with E-state index in [9.17, 15) is 4.79 Å². The third kappa shape index (κ3) is 2.79. The van der Waals surface area contributed by atoms with Gasteiger partial charge in [0, 0.05) is 17.0 Å². The van der Waals surface area contributed by atoms with Crippen molar-refractivity contribution in [2.45, 2.75) is 11.3 Å². The van der Waals surface area contributed by atoms with Crippen LogP contribution in [0.1, 0.15) is 22.3 Å². The van der Waals surface area contributed by atoms with Gasteiger partial charge >= 0.3 is 0 Å². The number of fused-ring (bicyclic) bond motifs is 1. The van der Waals surface area contributed by atoms with Crippen molar-refractivity contribution in [2.75, 3.05) is 17.2 Å². The van der Waals surface area contributed by atoms with Crippen molar-refractivity contribution in [1.29, 1.82) is 5.26 Å². The maximum Gasteiger partial charge on any atom is 0.258 e. The number of anilines is 1. The third-order valence-corrected chi connectivity index (χ3v) is 4.59. The topological polar surface area (TPSA) is 44.1 Å². The van der Waals surface area contributed by atoms with Gasteiger partial charge in [-0.05, 0) is 48.6 Å². The van der Waals surface area contributed by atoms with Gasteiger partial charge in [0.25, 0.3) is 5.91 Å². The molecule has 0 saturated heterocycles. The van der Waals surface area contributed by atoms with Crippen molar-refractivity contribution < 1.29 is 4.79 Å². The summed E-state index contributed by atoms with van der Waals surface area (Å²) in [6.07, 6.45) is 0.974. The number of amides is 1. The van der Waals surface area contributed by atoms with Crippen LogP contribution in [0.15, 0.2) is 53.4 Å². The maximum absolute atomic E-state index is 12.7. The smallest absolute Gasteiger partial charge is 0.258 e. The summed E-state index contributed by atoms with van der Waals surface area (Å²) in [7, 11) is 0. The molecular formula is C17H14N2OS. The van der Waals surface area contributed by atoms with Gasteiger partial charge in [0.15, 0.2) is 0 Å². The maximum atomic E-state index is 12.7. The van der Waals surface area contributed by atoms with Crippen molar-refractivity contribution in [3.05, 3.63) is 59.7 Å². The minimum absolute atomic E-state index is 0.00515. The molecule has 4 heteroatoms. The molecule has 0 unspecified atom stereocenters. The Morgan fingerprint density at radius 3 is 2.67 bits per heavy atom. The van der Waals surface area contributed by atoms with Gasteiger partial charge in [0.2, 0.25) is 0 Å². The van der Waals surface area contributed by atoms with Gasteiger partial charge in [0.1, 0.15) is 0 Å².